The topological polar surface area (TPSA) is 38.3 Å². The van der Waals surface area contributed by atoms with Crippen molar-refractivity contribution >= 4 is 27.6 Å². The number of carbonyl (C=O) groups is 1. The van der Waals surface area contributed by atoms with Gasteiger partial charge < -0.3 is 10.1 Å². The molecule has 0 saturated carbocycles. The zero-order chi connectivity index (χ0) is 10.3. The molecule has 0 radical (unpaired) electrons. The Morgan fingerprint density at radius 2 is 2.14 bits per heavy atom. The molecule has 0 spiro atoms. The van der Waals surface area contributed by atoms with Gasteiger partial charge in [-0.05, 0) is 41.9 Å². The summed E-state index contributed by atoms with van der Waals surface area (Å²) in [4.78, 5) is 11.5. The van der Waals surface area contributed by atoms with E-state index in [1.807, 2.05) is 18.2 Å². The molecule has 3 nitrogen and oxygen atoms in total. The number of rotatable bonds is 0. The number of para-hydroxylation sites is 1. The number of halogens is 1. The number of nitrogens with one attached hydrogen (secondary N) is 1. The third-order valence-electron chi connectivity index (χ3n) is 2.12. The number of hydrogen-bond acceptors (Lipinski definition) is 3. The molecule has 1 N–H and O–H groups in total. The van der Waals surface area contributed by atoms with Crippen molar-refractivity contribution < 1.29 is 9.53 Å². The van der Waals surface area contributed by atoms with Crippen molar-refractivity contribution in [3.63, 3.8) is 0 Å². The van der Waals surface area contributed by atoms with Crippen LogP contribution in [0, 0.1) is 0 Å². The van der Waals surface area contributed by atoms with Gasteiger partial charge in [-0.25, -0.2) is 4.79 Å². The highest BCUT2D eigenvalue weighted by atomic mass is 79.9. The second-order valence-electron chi connectivity index (χ2n) is 3.76. The molecule has 0 saturated heterocycles. The standard InChI is InChI=1S/C10H10BrNO2/c1-10(2)9(13)14-8-6(11)4-3-5-7(8)12-10/h3-5,12H,1-2H3. The minimum absolute atomic E-state index is 0.267. The Morgan fingerprint density at radius 3 is 2.86 bits per heavy atom. The molecule has 1 aliphatic rings. The van der Waals surface area contributed by atoms with Gasteiger partial charge in [0.2, 0.25) is 0 Å². The molecule has 74 valence electrons. The summed E-state index contributed by atoms with van der Waals surface area (Å²) in [6.45, 7) is 3.58. The van der Waals surface area contributed by atoms with Crippen molar-refractivity contribution in [3.8, 4) is 5.75 Å². The Bertz CT molecular complexity index is 401. The number of esters is 1. The van der Waals surface area contributed by atoms with Crippen molar-refractivity contribution in [2.24, 2.45) is 0 Å². The summed E-state index contributed by atoms with van der Waals surface area (Å²) < 4.78 is 6.01. The highest BCUT2D eigenvalue weighted by Crippen LogP contribution is 2.38. The maximum Gasteiger partial charge on any atom is 0.336 e. The lowest BCUT2D eigenvalue weighted by molar-refractivity contribution is -0.139. The average Bonchev–Trinajstić information content (AvgIpc) is 2.08. The van der Waals surface area contributed by atoms with Gasteiger partial charge in [0.15, 0.2) is 5.75 Å². The number of ether oxygens (including phenoxy) is 1. The Labute approximate surface area is 90.6 Å². The van der Waals surface area contributed by atoms with Gasteiger partial charge in [-0.15, -0.1) is 0 Å². The van der Waals surface area contributed by atoms with Gasteiger partial charge >= 0.3 is 5.97 Å². The van der Waals surface area contributed by atoms with Crippen molar-refractivity contribution in [2.45, 2.75) is 19.4 Å². The maximum absolute atomic E-state index is 11.5. The van der Waals surface area contributed by atoms with Crippen LogP contribution in [0.3, 0.4) is 0 Å². The van der Waals surface area contributed by atoms with Gasteiger partial charge in [0, 0.05) is 0 Å². The molecule has 1 aliphatic heterocycles. The van der Waals surface area contributed by atoms with E-state index in [0.29, 0.717) is 5.75 Å². The van der Waals surface area contributed by atoms with Crippen molar-refractivity contribution in [1.82, 2.24) is 0 Å². The monoisotopic (exact) mass is 255 g/mol. The fraction of sp³-hybridized carbons (Fsp3) is 0.300. The third-order valence-corrected chi connectivity index (χ3v) is 2.74. The smallest absolute Gasteiger partial charge is 0.336 e. The van der Waals surface area contributed by atoms with E-state index >= 15 is 0 Å². The first-order chi connectivity index (χ1) is 6.50. The minimum atomic E-state index is -0.659. The quantitative estimate of drug-likeness (QED) is 0.572. The molecule has 4 heteroatoms. The van der Waals surface area contributed by atoms with E-state index in [2.05, 4.69) is 21.2 Å². The Hall–Kier alpha value is -1.03. The fourth-order valence-corrected chi connectivity index (χ4v) is 1.77. The van der Waals surface area contributed by atoms with Crippen LogP contribution in [0.4, 0.5) is 5.69 Å². The van der Waals surface area contributed by atoms with Gasteiger partial charge in [-0.3, -0.25) is 0 Å². The summed E-state index contributed by atoms with van der Waals surface area (Å²) in [5, 5.41) is 3.12. The highest BCUT2D eigenvalue weighted by molar-refractivity contribution is 9.10. The number of fused-ring (bicyclic) bond motifs is 1. The highest BCUT2D eigenvalue weighted by Gasteiger charge is 2.35. The summed E-state index contributed by atoms with van der Waals surface area (Å²) in [7, 11) is 0. The van der Waals surface area contributed by atoms with Crippen LogP contribution in [0.25, 0.3) is 0 Å². The minimum Gasteiger partial charge on any atom is -0.421 e. The summed E-state index contributed by atoms with van der Waals surface area (Å²) >= 11 is 3.33. The molecule has 1 aromatic carbocycles. The molecule has 0 aromatic heterocycles. The zero-order valence-corrected chi connectivity index (χ0v) is 9.51. The first kappa shape index (κ1) is 9.52. The molecule has 1 heterocycles. The Balaban J connectivity index is 2.51. The van der Waals surface area contributed by atoms with Gasteiger partial charge in [-0.1, -0.05) is 6.07 Å². The first-order valence-electron chi connectivity index (χ1n) is 4.30. The predicted molar refractivity (Wildman–Crippen MR) is 57.5 cm³/mol. The fourth-order valence-electron chi connectivity index (χ4n) is 1.32. The lowest BCUT2D eigenvalue weighted by Crippen LogP contribution is -2.46. The van der Waals surface area contributed by atoms with E-state index in [4.69, 9.17) is 4.74 Å². The molecule has 14 heavy (non-hydrogen) atoms. The molecule has 2 rings (SSSR count). The van der Waals surface area contributed by atoms with Crippen LogP contribution < -0.4 is 10.1 Å². The van der Waals surface area contributed by atoms with E-state index in [1.165, 1.54) is 0 Å². The van der Waals surface area contributed by atoms with Crippen LogP contribution in [-0.2, 0) is 4.79 Å². The number of anilines is 1. The number of benzene rings is 1. The lowest BCUT2D eigenvalue weighted by atomic mass is 10.0. The molecule has 0 amide bonds. The van der Waals surface area contributed by atoms with Gasteiger partial charge in [0.25, 0.3) is 0 Å². The van der Waals surface area contributed by atoms with E-state index in [1.54, 1.807) is 13.8 Å². The maximum atomic E-state index is 11.5. The molecular weight excluding hydrogens is 246 g/mol. The molecule has 0 unspecified atom stereocenters. The van der Waals surface area contributed by atoms with Crippen LogP contribution in [0.1, 0.15) is 13.8 Å². The van der Waals surface area contributed by atoms with Gasteiger partial charge in [-0.2, -0.15) is 0 Å². The van der Waals surface area contributed by atoms with E-state index in [0.717, 1.165) is 10.2 Å². The van der Waals surface area contributed by atoms with Crippen LogP contribution in [-0.4, -0.2) is 11.5 Å². The third kappa shape index (κ3) is 1.39. The normalized spacial score (nSPS) is 18.1. The number of carbonyl (C=O) groups excluding carboxylic acids is 1. The molecule has 0 bridgehead atoms. The van der Waals surface area contributed by atoms with Crippen molar-refractivity contribution in [2.75, 3.05) is 5.32 Å². The van der Waals surface area contributed by atoms with Crippen LogP contribution in [0.15, 0.2) is 22.7 Å². The van der Waals surface area contributed by atoms with E-state index < -0.39 is 5.54 Å². The van der Waals surface area contributed by atoms with E-state index in [9.17, 15) is 4.79 Å². The van der Waals surface area contributed by atoms with Crippen LogP contribution in [0.5, 0.6) is 5.75 Å². The average molecular weight is 256 g/mol. The molecule has 1 aromatic rings. The van der Waals surface area contributed by atoms with Gasteiger partial charge in [0.05, 0.1) is 10.2 Å². The first-order valence-corrected chi connectivity index (χ1v) is 5.09. The number of hydrogen-bond donors (Lipinski definition) is 1. The molecular formula is C10H10BrNO2. The predicted octanol–water partition coefficient (Wildman–Crippen LogP) is 2.56. The molecule has 0 fully saturated rings. The van der Waals surface area contributed by atoms with Crippen LogP contribution in [0.2, 0.25) is 0 Å². The summed E-state index contributed by atoms with van der Waals surface area (Å²) in [6, 6.07) is 5.62. The van der Waals surface area contributed by atoms with Crippen molar-refractivity contribution in [3.05, 3.63) is 22.7 Å². The second kappa shape index (κ2) is 2.98. The largest absolute Gasteiger partial charge is 0.421 e. The lowest BCUT2D eigenvalue weighted by Gasteiger charge is -2.31. The molecule has 0 aliphatic carbocycles. The zero-order valence-electron chi connectivity index (χ0n) is 7.93. The van der Waals surface area contributed by atoms with Crippen LogP contribution >= 0.6 is 15.9 Å². The summed E-state index contributed by atoms with van der Waals surface area (Å²) in [5.74, 6) is 0.300. The van der Waals surface area contributed by atoms with E-state index in [-0.39, 0.29) is 5.97 Å². The summed E-state index contributed by atoms with van der Waals surface area (Å²) in [6.07, 6.45) is 0. The van der Waals surface area contributed by atoms with Gasteiger partial charge in [0.1, 0.15) is 5.54 Å². The second-order valence-corrected chi connectivity index (χ2v) is 4.61. The SMILES string of the molecule is CC1(C)Nc2cccc(Br)c2OC1=O. The van der Waals surface area contributed by atoms with Crippen molar-refractivity contribution in [1.29, 1.82) is 0 Å². The summed E-state index contributed by atoms with van der Waals surface area (Å²) in [5.41, 5.74) is 0.178. The Morgan fingerprint density at radius 1 is 1.43 bits per heavy atom. The molecule has 0 atom stereocenters. The Kier molecular flexibility index (Phi) is 2.03.